The van der Waals surface area contributed by atoms with Gasteiger partial charge in [0.15, 0.2) is 0 Å². The molecule has 0 aliphatic carbocycles. The van der Waals surface area contributed by atoms with Crippen molar-refractivity contribution in [1.82, 2.24) is 0 Å². The van der Waals surface area contributed by atoms with Gasteiger partial charge in [0.05, 0.1) is 6.61 Å². The molecule has 18 heavy (non-hydrogen) atoms. The number of ether oxygens (including phenoxy) is 1. The van der Waals surface area contributed by atoms with Crippen LogP contribution < -0.4 is 10.5 Å². The quantitative estimate of drug-likeness (QED) is 0.874. The highest BCUT2D eigenvalue weighted by molar-refractivity contribution is 5.74. The number of aryl methyl sites for hydroxylation is 1. The van der Waals surface area contributed by atoms with Crippen molar-refractivity contribution in [2.24, 2.45) is 5.73 Å². The molecule has 1 aliphatic rings. The van der Waals surface area contributed by atoms with Gasteiger partial charge in [-0.15, -0.1) is 0 Å². The fraction of sp³-hybridized carbons (Fsp3) is 0.250. The van der Waals surface area contributed by atoms with E-state index in [9.17, 15) is 0 Å². The lowest BCUT2D eigenvalue weighted by Gasteiger charge is -2.10. The van der Waals surface area contributed by atoms with Crippen molar-refractivity contribution in [3.05, 3.63) is 53.1 Å². The van der Waals surface area contributed by atoms with E-state index in [1.807, 2.05) is 0 Å². The summed E-state index contributed by atoms with van der Waals surface area (Å²) in [6.07, 6.45) is 1.02. The molecule has 1 aliphatic heterocycles. The van der Waals surface area contributed by atoms with Crippen LogP contribution in [0.5, 0.6) is 5.75 Å². The summed E-state index contributed by atoms with van der Waals surface area (Å²) in [5, 5.41) is 0. The molecule has 2 N–H and O–H groups in total. The number of rotatable bonds is 2. The van der Waals surface area contributed by atoms with Crippen LogP contribution in [0.15, 0.2) is 36.4 Å². The summed E-state index contributed by atoms with van der Waals surface area (Å²) in [6.45, 7) is 3.52. The molecule has 0 bridgehead atoms. The number of hydrogen-bond acceptors (Lipinski definition) is 2. The van der Waals surface area contributed by atoms with E-state index in [0.29, 0.717) is 6.54 Å². The normalized spacial score (nSPS) is 13.2. The molecule has 92 valence electrons. The smallest absolute Gasteiger partial charge is 0.130 e. The first-order valence-electron chi connectivity index (χ1n) is 6.33. The molecule has 0 aromatic heterocycles. The van der Waals surface area contributed by atoms with Gasteiger partial charge in [-0.05, 0) is 35.2 Å². The number of hydrogen-bond donors (Lipinski definition) is 1. The molecule has 0 spiro atoms. The molecule has 0 atom stereocenters. The van der Waals surface area contributed by atoms with E-state index >= 15 is 0 Å². The van der Waals surface area contributed by atoms with Crippen molar-refractivity contribution < 1.29 is 4.74 Å². The van der Waals surface area contributed by atoms with E-state index in [1.165, 1.54) is 22.3 Å². The second-order valence-electron chi connectivity index (χ2n) is 4.80. The Bertz CT molecular complexity index is 572. The Balaban J connectivity index is 2.10. The summed E-state index contributed by atoms with van der Waals surface area (Å²) in [7, 11) is 0. The van der Waals surface area contributed by atoms with Gasteiger partial charge in [-0.1, -0.05) is 30.3 Å². The molecular weight excluding hydrogens is 222 g/mol. The van der Waals surface area contributed by atoms with Crippen LogP contribution >= 0.6 is 0 Å². The Kier molecular flexibility index (Phi) is 2.80. The Labute approximate surface area is 107 Å². The van der Waals surface area contributed by atoms with Crippen LogP contribution in [0, 0.1) is 6.92 Å². The van der Waals surface area contributed by atoms with Crippen LogP contribution in [-0.2, 0) is 13.0 Å². The zero-order valence-electron chi connectivity index (χ0n) is 10.6. The standard InChI is InChI=1S/C16H17NO/c1-11-8-14-6-7-18-16(14)15(9-11)13-4-2-12(10-17)3-5-13/h2-5,8-9H,6-7,10,17H2,1H3. The van der Waals surface area contributed by atoms with Crippen LogP contribution in [0.25, 0.3) is 11.1 Å². The van der Waals surface area contributed by atoms with Crippen LogP contribution in [0.1, 0.15) is 16.7 Å². The molecule has 0 saturated heterocycles. The summed E-state index contributed by atoms with van der Waals surface area (Å²) >= 11 is 0. The van der Waals surface area contributed by atoms with Crippen LogP contribution in [0.4, 0.5) is 0 Å². The Morgan fingerprint density at radius 1 is 1.17 bits per heavy atom. The van der Waals surface area contributed by atoms with Crippen molar-refractivity contribution >= 4 is 0 Å². The molecule has 2 aromatic rings. The fourth-order valence-corrected chi connectivity index (χ4v) is 2.50. The largest absolute Gasteiger partial charge is 0.492 e. The van der Waals surface area contributed by atoms with Gasteiger partial charge in [-0.3, -0.25) is 0 Å². The Morgan fingerprint density at radius 2 is 1.94 bits per heavy atom. The molecule has 2 heteroatoms. The predicted molar refractivity (Wildman–Crippen MR) is 73.7 cm³/mol. The second-order valence-corrected chi connectivity index (χ2v) is 4.80. The van der Waals surface area contributed by atoms with Crippen molar-refractivity contribution in [2.45, 2.75) is 19.9 Å². The summed E-state index contributed by atoms with van der Waals surface area (Å²) in [4.78, 5) is 0. The molecule has 1 heterocycles. The van der Waals surface area contributed by atoms with Gasteiger partial charge in [-0.2, -0.15) is 0 Å². The first kappa shape index (κ1) is 11.3. The summed E-state index contributed by atoms with van der Waals surface area (Å²) < 4.78 is 5.77. The number of benzene rings is 2. The van der Waals surface area contributed by atoms with Gasteiger partial charge < -0.3 is 10.5 Å². The minimum Gasteiger partial charge on any atom is -0.492 e. The van der Waals surface area contributed by atoms with Gasteiger partial charge >= 0.3 is 0 Å². The first-order valence-corrected chi connectivity index (χ1v) is 6.33. The summed E-state index contributed by atoms with van der Waals surface area (Å²) in [6, 6.07) is 12.8. The van der Waals surface area contributed by atoms with Gasteiger partial charge in [0.2, 0.25) is 0 Å². The van der Waals surface area contributed by atoms with E-state index in [0.717, 1.165) is 24.3 Å². The van der Waals surface area contributed by atoms with Crippen LogP contribution in [-0.4, -0.2) is 6.61 Å². The molecular formula is C16H17NO. The van der Waals surface area contributed by atoms with E-state index in [4.69, 9.17) is 10.5 Å². The molecule has 0 amide bonds. The lowest BCUT2D eigenvalue weighted by atomic mass is 9.98. The maximum Gasteiger partial charge on any atom is 0.130 e. The zero-order valence-corrected chi connectivity index (χ0v) is 10.6. The van der Waals surface area contributed by atoms with Gasteiger partial charge in [-0.25, -0.2) is 0 Å². The minimum atomic E-state index is 0.586. The van der Waals surface area contributed by atoms with Gasteiger partial charge in [0.25, 0.3) is 0 Å². The minimum absolute atomic E-state index is 0.586. The molecule has 0 fully saturated rings. The zero-order chi connectivity index (χ0) is 12.5. The van der Waals surface area contributed by atoms with Crippen LogP contribution in [0.2, 0.25) is 0 Å². The third-order valence-corrected chi connectivity index (χ3v) is 3.43. The third-order valence-electron chi connectivity index (χ3n) is 3.43. The Morgan fingerprint density at radius 3 is 2.67 bits per heavy atom. The SMILES string of the molecule is Cc1cc2c(c(-c3ccc(CN)cc3)c1)OCC2. The average Bonchev–Trinajstić information content (AvgIpc) is 2.86. The third kappa shape index (κ3) is 1.89. The monoisotopic (exact) mass is 239 g/mol. The molecule has 3 rings (SSSR count). The maximum atomic E-state index is 5.77. The van der Waals surface area contributed by atoms with E-state index in [-0.39, 0.29) is 0 Å². The Hall–Kier alpha value is -1.80. The average molecular weight is 239 g/mol. The first-order chi connectivity index (χ1) is 8.78. The number of nitrogens with two attached hydrogens (primary N) is 1. The van der Waals surface area contributed by atoms with Crippen molar-refractivity contribution in [3.63, 3.8) is 0 Å². The molecule has 2 nitrogen and oxygen atoms in total. The van der Waals surface area contributed by atoms with Gasteiger partial charge in [0.1, 0.15) is 5.75 Å². The lowest BCUT2D eigenvalue weighted by molar-refractivity contribution is 0.358. The summed E-state index contributed by atoms with van der Waals surface area (Å²) in [5.74, 6) is 1.06. The van der Waals surface area contributed by atoms with Crippen LogP contribution in [0.3, 0.4) is 0 Å². The van der Waals surface area contributed by atoms with E-state index in [2.05, 4.69) is 43.3 Å². The predicted octanol–water partition coefficient (Wildman–Crippen LogP) is 3.06. The van der Waals surface area contributed by atoms with Gasteiger partial charge in [0, 0.05) is 18.5 Å². The second kappa shape index (κ2) is 4.46. The number of fused-ring (bicyclic) bond motifs is 1. The maximum absolute atomic E-state index is 5.77. The highest BCUT2D eigenvalue weighted by atomic mass is 16.5. The molecule has 0 unspecified atom stereocenters. The summed E-state index contributed by atoms with van der Waals surface area (Å²) in [5.41, 5.74) is 11.8. The fourth-order valence-electron chi connectivity index (χ4n) is 2.50. The van der Waals surface area contributed by atoms with Crippen molar-refractivity contribution in [2.75, 3.05) is 6.61 Å². The lowest BCUT2D eigenvalue weighted by Crippen LogP contribution is -1.95. The topological polar surface area (TPSA) is 35.2 Å². The molecule has 0 radical (unpaired) electrons. The highest BCUT2D eigenvalue weighted by Gasteiger charge is 2.17. The molecule has 0 saturated carbocycles. The highest BCUT2D eigenvalue weighted by Crippen LogP contribution is 2.37. The van der Waals surface area contributed by atoms with E-state index in [1.54, 1.807) is 0 Å². The molecule has 2 aromatic carbocycles. The van der Waals surface area contributed by atoms with E-state index < -0.39 is 0 Å². The van der Waals surface area contributed by atoms with Crippen molar-refractivity contribution in [3.8, 4) is 16.9 Å². The van der Waals surface area contributed by atoms with Crippen molar-refractivity contribution in [1.29, 1.82) is 0 Å².